The summed E-state index contributed by atoms with van der Waals surface area (Å²) in [7, 11) is -0.995. The van der Waals surface area contributed by atoms with E-state index in [4.69, 9.17) is 9.47 Å². The van der Waals surface area contributed by atoms with Crippen molar-refractivity contribution < 1.29 is 27.5 Å². The van der Waals surface area contributed by atoms with Gasteiger partial charge in [-0.1, -0.05) is 35.0 Å². The Hall–Kier alpha value is -2.79. The number of anilines is 1. The van der Waals surface area contributed by atoms with Crippen LogP contribution in [0.25, 0.3) is 0 Å². The van der Waals surface area contributed by atoms with Gasteiger partial charge in [-0.05, 0) is 43.2 Å². The fourth-order valence-corrected chi connectivity index (χ4v) is 4.70. The van der Waals surface area contributed by atoms with Gasteiger partial charge in [-0.2, -0.15) is 0 Å². The quantitative estimate of drug-likeness (QED) is 0.421. The fraction of sp³-hybridized carbons (Fsp3) is 0.417. The molecule has 1 atom stereocenters. The number of methoxy groups -OCH3 is 2. The van der Waals surface area contributed by atoms with Crippen LogP contribution >= 0.6 is 15.9 Å². The molecule has 192 valence electrons. The van der Waals surface area contributed by atoms with Crippen LogP contribution in [0.1, 0.15) is 25.8 Å². The zero-order valence-electron chi connectivity index (χ0n) is 20.6. The summed E-state index contributed by atoms with van der Waals surface area (Å²) in [5, 5.41) is 2.80. The van der Waals surface area contributed by atoms with E-state index < -0.39 is 28.5 Å². The monoisotopic (exact) mass is 569 g/mol. The highest BCUT2D eigenvalue weighted by atomic mass is 79.9. The number of halogens is 1. The third kappa shape index (κ3) is 7.86. The molecule has 2 rings (SSSR count). The van der Waals surface area contributed by atoms with Crippen LogP contribution < -0.4 is 19.1 Å². The molecule has 11 heteroatoms. The van der Waals surface area contributed by atoms with E-state index in [0.29, 0.717) is 12.3 Å². The molecule has 0 radical (unpaired) electrons. The Balaban J connectivity index is 2.44. The second-order valence-electron chi connectivity index (χ2n) is 7.93. The highest BCUT2D eigenvalue weighted by Gasteiger charge is 2.31. The predicted octanol–water partition coefficient (Wildman–Crippen LogP) is 3.18. The van der Waals surface area contributed by atoms with Crippen molar-refractivity contribution >= 4 is 43.5 Å². The van der Waals surface area contributed by atoms with Crippen molar-refractivity contribution in [2.75, 3.05) is 37.9 Å². The molecule has 0 unspecified atom stereocenters. The van der Waals surface area contributed by atoms with Gasteiger partial charge in [0.15, 0.2) is 0 Å². The van der Waals surface area contributed by atoms with Crippen LogP contribution in [-0.2, 0) is 26.2 Å². The molecule has 0 heterocycles. The fourth-order valence-electron chi connectivity index (χ4n) is 3.40. The van der Waals surface area contributed by atoms with Gasteiger partial charge < -0.3 is 19.7 Å². The summed E-state index contributed by atoms with van der Waals surface area (Å²) >= 11 is 3.42. The van der Waals surface area contributed by atoms with Crippen molar-refractivity contribution in [3.63, 3.8) is 0 Å². The van der Waals surface area contributed by atoms with E-state index in [1.165, 1.54) is 31.3 Å². The highest BCUT2D eigenvalue weighted by molar-refractivity contribution is 9.10. The van der Waals surface area contributed by atoms with Gasteiger partial charge in [0.25, 0.3) is 0 Å². The summed E-state index contributed by atoms with van der Waals surface area (Å²) in [4.78, 5) is 27.7. The van der Waals surface area contributed by atoms with Crippen LogP contribution in [0.5, 0.6) is 11.5 Å². The van der Waals surface area contributed by atoms with Crippen LogP contribution in [0.3, 0.4) is 0 Å². The van der Waals surface area contributed by atoms with Crippen molar-refractivity contribution in [1.82, 2.24) is 10.2 Å². The number of ether oxygens (including phenoxy) is 2. The van der Waals surface area contributed by atoms with Crippen LogP contribution in [0.2, 0.25) is 0 Å². The first kappa shape index (κ1) is 28.4. The number of nitrogens with zero attached hydrogens (tertiary/aromatic N) is 2. The molecule has 35 heavy (non-hydrogen) atoms. The number of hydrogen-bond acceptors (Lipinski definition) is 6. The Morgan fingerprint density at radius 1 is 1.11 bits per heavy atom. The third-order valence-electron chi connectivity index (χ3n) is 5.29. The lowest BCUT2D eigenvalue weighted by molar-refractivity contribution is -0.139. The normalized spacial score (nSPS) is 11.9. The molecule has 1 N–H and O–H groups in total. The Morgan fingerprint density at radius 2 is 1.83 bits per heavy atom. The average molecular weight is 571 g/mol. The summed E-state index contributed by atoms with van der Waals surface area (Å²) in [5.41, 5.74) is 0.977. The van der Waals surface area contributed by atoms with E-state index in [1.54, 1.807) is 13.0 Å². The number of sulfonamides is 1. The van der Waals surface area contributed by atoms with Crippen LogP contribution in [0, 0.1) is 0 Å². The molecule has 0 saturated carbocycles. The lowest BCUT2D eigenvalue weighted by Crippen LogP contribution is -2.51. The van der Waals surface area contributed by atoms with E-state index in [9.17, 15) is 18.0 Å². The highest BCUT2D eigenvalue weighted by Crippen LogP contribution is 2.33. The molecule has 0 bridgehead atoms. The molecule has 2 aromatic rings. The maximum atomic E-state index is 13.6. The summed E-state index contributed by atoms with van der Waals surface area (Å²) < 4.78 is 37.8. The van der Waals surface area contributed by atoms with E-state index in [2.05, 4.69) is 21.2 Å². The minimum absolute atomic E-state index is 0.121. The molecular formula is C24H32BrN3O6S. The van der Waals surface area contributed by atoms with Gasteiger partial charge in [0.1, 0.15) is 24.1 Å². The van der Waals surface area contributed by atoms with E-state index in [0.717, 1.165) is 27.0 Å². The van der Waals surface area contributed by atoms with Crippen molar-refractivity contribution in [3.05, 3.63) is 52.5 Å². The number of nitrogens with one attached hydrogen (secondary N) is 1. The molecule has 0 aliphatic rings. The van der Waals surface area contributed by atoms with E-state index >= 15 is 0 Å². The van der Waals surface area contributed by atoms with Gasteiger partial charge in [-0.3, -0.25) is 13.9 Å². The Labute approximate surface area is 215 Å². The number of carbonyl (C=O) groups excluding carboxylic acids is 2. The maximum absolute atomic E-state index is 13.6. The van der Waals surface area contributed by atoms with Crippen LogP contribution in [0.15, 0.2) is 46.9 Å². The average Bonchev–Trinajstić information content (AvgIpc) is 2.82. The molecule has 0 fully saturated rings. The first-order chi connectivity index (χ1) is 16.5. The molecule has 0 spiro atoms. The standard InChI is InChI=1S/C24H32BrN3O6S/c1-6-12-26-24(30)17(2)27(15-18-8-7-9-19(25)13-18)23(29)16-28(35(5,31)32)21-11-10-20(33-3)14-22(21)34-4/h7-11,13-14,17H,6,12,15-16H2,1-5H3,(H,26,30)/t17-/m1/s1. The lowest BCUT2D eigenvalue weighted by atomic mass is 10.1. The first-order valence-corrected chi connectivity index (χ1v) is 13.7. The number of carbonyl (C=O) groups is 2. The van der Waals surface area contributed by atoms with Crippen molar-refractivity contribution in [3.8, 4) is 11.5 Å². The van der Waals surface area contributed by atoms with Crippen molar-refractivity contribution in [2.45, 2.75) is 32.9 Å². The maximum Gasteiger partial charge on any atom is 0.244 e. The Bertz CT molecular complexity index is 1140. The number of amides is 2. The Morgan fingerprint density at radius 3 is 2.40 bits per heavy atom. The molecule has 2 aromatic carbocycles. The van der Waals surface area contributed by atoms with Gasteiger partial charge >= 0.3 is 0 Å². The summed E-state index contributed by atoms with van der Waals surface area (Å²) in [6.07, 6.45) is 1.76. The van der Waals surface area contributed by atoms with Gasteiger partial charge in [0.2, 0.25) is 21.8 Å². The molecule has 0 aliphatic carbocycles. The predicted molar refractivity (Wildman–Crippen MR) is 139 cm³/mol. The molecule has 0 aliphatic heterocycles. The van der Waals surface area contributed by atoms with Gasteiger partial charge in [-0.25, -0.2) is 8.42 Å². The zero-order chi connectivity index (χ0) is 26.2. The molecular weight excluding hydrogens is 538 g/mol. The molecule has 2 amide bonds. The minimum Gasteiger partial charge on any atom is -0.497 e. The number of rotatable bonds is 12. The minimum atomic E-state index is -3.88. The van der Waals surface area contributed by atoms with Crippen LogP contribution in [-0.4, -0.2) is 64.7 Å². The summed E-state index contributed by atoms with van der Waals surface area (Å²) in [5.74, 6) is -0.145. The third-order valence-corrected chi connectivity index (χ3v) is 6.91. The van der Waals surface area contributed by atoms with Gasteiger partial charge in [0, 0.05) is 23.6 Å². The zero-order valence-corrected chi connectivity index (χ0v) is 23.0. The van der Waals surface area contributed by atoms with E-state index in [1.807, 2.05) is 31.2 Å². The Kier molecular flexibility index (Phi) is 10.4. The first-order valence-electron chi connectivity index (χ1n) is 11.0. The molecule has 0 saturated heterocycles. The largest absolute Gasteiger partial charge is 0.497 e. The summed E-state index contributed by atoms with van der Waals surface area (Å²) in [6, 6.07) is 11.2. The van der Waals surface area contributed by atoms with Crippen molar-refractivity contribution in [2.24, 2.45) is 0 Å². The van der Waals surface area contributed by atoms with Gasteiger partial charge in [0.05, 0.1) is 26.2 Å². The second-order valence-corrected chi connectivity index (χ2v) is 10.7. The van der Waals surface area contributed by atoms with Gasteiger partial charge in [-0.15, -0.1) is 0 Å². The summed E-state index contributed by atoms with van der Waals surface area (Å²) in [6.45, 7) is 3.64. The number of hydrogen-bond donors (Lipinski definition) is 1. The smallest absolute Gasteiger partial charge is 0.244 e. The second kappa shape index (κ2) is 12.8. The lowest BCUT2D eigenvalue weighted by Gasteiger charge is -2.32. The van der Waals surface area contributed by atoms with Crippen molar-refractivity contribution in [1.29, 1.82) is 0 Å². The molecule has 9 nitrogen and oxygen atoms in total. The number of benzene rings is 2. The topological polar surface area (TPSA) is 105 Å². The SMILES string of the molecule is CCCNC(=O)[C@@H](C)N(Cc1cccc(Br)c1)C(=O)CN(c1ccc(OC)cc1OC)S(C)(=O)=O. The van der Waals surface area contributed by atoms with E-state index in [-0.39, 0.29) is 23.9 Å². The molecule has 0 aromatic heterocycles. The van der Waals surface area contributed by atoms with Crippen LogP contribution in [0.4, 0.5) is 5.69 Å².